The van der Waals surface area contributed by atoms with E-state index in [1.165, 1.54) is 6.92 Å². The lowest BCUT2D eigenvalue weighted by Gasteiger charge is -2.30. The molecule has 0 N–H and O–H groups in total. The van der Waals surface area contributed by atoms with Crippen LogP contribution >= 0.6 is 0 Å². The number of rotatable bonds is 8. The van der Waals surface area contributed by atoms with Gasteiger partial charge in [-0.1, -0.05) is 0 Å². The number of hydrogen-bond acceptors (Lipinski definition) is 5. The smallest absolute Gasteiger partial charge is 0.302 e. The quantitative estimate of drug-likeness (QED) is 0.557. The van der Waals surface area contributed by atoms with Gasteiger partial charge < -0.3 is 18.9 Å². The van der Waals surface area contributed by atoms with Crippen LogP contribution in [0.4, 0.5) is 0 Å². The SMILES string of the molecule is COCC(COC)(COC)COC(C)=O. The standard InChI is InChI=1S/C10H20O5/c1-9(11)15-8-10(5-12-2,6-13-3)7-14-4/h5-8H2,1-4H3. The lowest BCUT2D eigenvalue weighted by Crippen LogP contribution is -2.41. The zero-order valence-electron chi connectivity index (χ0n) is 9.87. The number of ether oxygens (including phenoxy) is 4. The molecule has 0 aromatic heterocycles. The van der Waals surface area contributed by atoms with E-state index >= 15 is 0 Å². The van der Waals surface area contributed by atoms with Gasteiger partial charge in [0.1, 0.15) is 6.61 Å². The monoisotopic (exact) mass is 220 g/mol. The minimum atomic E-state index is -0.427. The van der Waals surface area contributed by atoms with E-state index in [0.717, 1.165) is 0 Å². The van der Waals surface area contributed by atoms with E-state index in [1.807, 2.05) is 0 Å². The summed E-state index contributed by atoms with van der Waals surface area (Å²) in [5.74, 6) is -0.317. The van der Waals surface area contributed by atoms with Gasteiger partial charge in [0.25, 0.3) is 0 Å². The van der Waals surface area contributed by atoms with E-state index in [4.69, 9.17) is 18.9 Å². The Hall–Kier alpha value is -0.650. The van der Waals surface area contributed by atoms with E-state index in [1.54, 1.807) is 21.3 Å². The highest BCUT2D eigenvalue weighted by atomic mass is 16.5. The zero-order valence-corrected chi connectivity index (χ0v) is 9.87. The van der Waals surface area contributed by atoms with Crippen LogP contribution in [0.5, 0.6) is 0 Å². The van der Waals surface area contributed by atoms with E-state index in [-0.39, 0.29) is 12.6 Å². The Morgan fingerprint density at radius 1 is 0.933 bits per heavy atom. The van der Waals surface area contributed by atoms with E-state index < -0.39 is 5.41 Å². The van der Waals surface area contributed by atoms with Gasteiger partial charge in [-0.15, -0.1) is 0 Å². The van der Waals surface area contributed by atoms with Gasteiger partial charge in [0.2, 0.25) is 0 Å². The second kappa shape index (κ2) is 7.62. The third kappa shape index (κ3) is 5.71. The third-order valence-electron chi connectivity index (χ3n) is 1.93. The summed E-state index contributed by atoms with van der Waals surface area (Å²) in [5.41, 5.74) is -0.427. The van der Waals surface area contributed by atoms with E-state index in [0.29, 0.717) is 19.8 Å². The van der Waals surface area contributed by atoms with Crippen LogP contribution in [0.15, 0.2) is 0 Å². The normalized spacial score (nSPS) is 11.5. The summed E-state index contributed by atoms with van der Waals surface area (Å²) in [4.78, 5) is 10.8. The molecule has 0 aliphatic rings. The molecule has 15 heavy (non-hydrogen) atoms. The number of carbonyl (C=O) groups excluding carboxylic acids is 1. The van der Waals surface area contributed by atoms with Crippen molar-refractivity contribution in [2.24, 2.45) is 5.41 Å². The molecule has 0 rings (SSSR count). The Bertz CT molecular complexity index is 164. The van der Waals surface area contributed by atoms with Crippen molar-refractivity contribution < 1.29 is 23.7 Å². The van der Waals surface area contributed by atoms with Crippen molar-refractivity contribution in [3.05, 3.63) is 0 Å². The van der Waals surface area contributed by atoms with Crippen LogP contribution in [0.2, 0.25) is 0 Å². The van der Waals surface area contributed by atoms with Crippen LogP contribution in [0.25, 0.3) is 0 Å². The first-order valence-corrected chi connectivity index (χ1v) is 4.70. The fraction of sp³-hybridized carbons (Fsp3) is 0.900. The molecule has 0 saturated carbocycles. The van der Waals surface area contributed by atoms with Gasteiger partial charge in [0, 0.05) is 28.3 Å². The number of esters is 1. The van der Waals surface area contributed by atoms with Gasteiger partial charge in [-0.2, -0.15) is 0 Å². The highest BCUT2D eigenvalue weighted by Gasteiger charge is 2.32. The molecule has 0 aromatic rings. The molecule has 0 unspecified atom stereocenters. The molecule has 0 amide bonds. The lowest BCUT2D eigenvalue weighted by atomic mass is 9.92. The van der Waals surface area contributed by atoms with Crippen molar-refractivity contribution in [1.82, 2.24) is 0 Å². The Morgan fingerprint density at radius 2 is 1.33 bits per heavy atom. The maximum Gasteiger partial charge on any atom is 0.302 e. The largest absolute Gasteiger partial charge is 0.465 e. The molecule has 0 aliphatic carbocycles. The topological polar surface area (TPSA) is 54.0 Å². The lowest BCUT2D eigenvalue weighted by molar-refractivity contribution is -0.150. The number of hydrogen-bond donors (Lipinski definition) is 0. The Morgan fingerprint density at radius 3 is 1.60 bits per heavy atom. The van der Waals surface area contributed by atoms with Gasteiger partial charge in [0.05, 0.1) is 25.2 Å². The highest BCUT2D eigenvalue weighted by molar-refractivity contribution is 5.65. The fourth-order valence-corrected chi connectivity index (χ4v) is 1.42. The van der Waals surface area contributed by atoms with Crippen molar-refractivity contribution in [1.29, 1.82) is 0 Å². The van der Waals surface area contributed by atoms with Gasteiger partial charge in [0.15, 0.2) is 0 Å². The Kier molecular flexibility index (Phi) is 7.29. The fourth-order valence-electron chi connectivity index (χ4n) is 1.42. The second-order valence-electron chi connectivity index (χ2n) is 3.58. The summed E-state index contributed by atoms with van der Waals surface area (Å²) in [6.45, 7) is 2.86. The van der Waals surface area contributed by atoms with Gasteiger partial charge in [-0.05, 0) is 0 Å². The maximum absolute atomic E-state index is 10.8. The Balaban J connectivity index is 4.37. The van der Waals surface area contributed by atoms with Crippen LogP contribution in [0.3, 0.4) is 0 Å². The van der Waals surface area contributed by atoms with Crippen LogP contribution in [0.1, 0.15) is 6.92 Å². The van der Waals surface area contributed by atoms with Crippen molar-refractivity contribution in [2.45, 2.75) is 6.92 Å². The molecule has 0 aromatic carbocycles. The van der Waals surface area contributed by atoms with Crippen LogP contribution in [-0.4, -0.2) is 53.7 Å². The summed E-state index contributed by atoms with van der Waals surface area (Å²) in [7, 11) is 4.77. The number of methoxy groups -OCH3 is 3. The van der Waals surface area contributed by atoms with Crippen LogP contribution in [0, 0.1) is 5.41 Å². The summed E-state index contributed by atoms with van der Waals surface area (Å²) in [6.07, 6.45) is 0. The molecule has 0 bridgehead atoms. The van der Waals surface area contributed by atoms with Crippen LogP contribution in [-0.2, 0) is 23.7 Å². The number of carbonyl (C=O) groups is 1. The predicted octanol–water partition coefficient (Wildman–Crippen LogP) is 0.475. The first-order chi connectivity index (χ1) is 7.10. The second-order valence-corrected chi connectivity index (χ2v) is 3.58. The molecule has 0 spiro atoms. The zero-order chi connectivity index (χ0) is 11.7. The summed E-state index contributed by atoms with van der Waals surface area (Å²) in [6, 6.07) is 0. The first kappa shape index (κ1) is 14.3. The highest BCUT2D eigenvalue weighted by Crippen LogP contribution is 2.19. The average Bonchev–Trinajstić information content (AvgIpc) is 2.16. The van der Waals surface area contributed by atoms with Crippen molar-refractivity contribution >= 4 is 5.97 Å². The summed E-state index contributed by atoms with van der Waals surface area (Å²) in [5, 5.41) is 0. The molecule has 5 nitrogen and oxygen atoms in total. The van der Waals surface area contributed by atoms with Crippen molar-refractivity contribution in [2.75, 3.05) is 47.8 Å². The Labute approximate surface area is 90.6 Å². The average molecular weight is 220 g/mol. The molecule has 0 saturated heterocycles. The molecule has 0 heterocycles. The predicted molar refractivity (Wildman–Crippen MR) is 54.7 cm³/mol. The molecule has 0 aliphatic heterocycles. The van der Waals surface area contributed by atoms with E-state index in [9.17, 15) is 4.79 Å². The summed E-state index contributed by atoms with van der Waals surface area (Å²) < 4.78 is 20.3. The third-order valence-corrected chi connectivity index (χ3v) is 1.93. The van der Waals surface area contributed by atoms with Crippen molar-refractivity contribution in [3.8, 4) is 0 Å². The van der Waals surface area contributed by atoms with Gasteiger partial charge in [-0.25, -0.2) is 0 Å². The molecule has 90 valence electrons. The van der Waals surface area contributed by atoms with Crippen LogP contribution < -0.4 is 0 Å². The molecule has 0 fully saturated rings. The molecule has 5 heteroatoms. The maximum atomic E-state index is 10.8. The van der Waals surface area contributed by atoms with E-state index in [2.05, 4.69) is 0 Å². The molecule has 0 radical (unpaired) electrons. The van der Waals surface area contributed by atoms with Gasteiger partial charge >= 0.3 is 5.97 Å². The first-order valence-electron chi connectivity index (χ1n) is 4.70. The summed E-state index contributed by atoms with van der Waals surface area (Å²) >= 11 is 0. The minimum absolute atomic E-state index is 0.234. The van der Waals surface area contributed by atoms with Crippen molar-refractivity contribution in [3.63, 3.8) is 0 Å². The molecular formula is C10H20O5. The molecular weight excluding hydrogens is 200 g/mol. The minimum Gasteiger partial charge on any atom is -0.465 e. The van der Waals surface area contributed by atoms with Gasteiger partial charge in [-0.3, -0.25) is 4.79 Å². The molecule has 0 atom stereocenters.